The van der Waals surface area contributed by atoms with Crippen molar-refractivity contribution >= 4 is 8.17 Å². The molecule has 0 radical (unpaired) electrons. The molecular formula is C18H40NO5P. The number of aliphatic hydroxyl groups is 1. The SMILES string of the molecule is CCCCCCCCCCCCC/C=C/[C@@H](O)[C@@H](N)CO[PH](O)(O)O. The van der Waals surface area contributed by atoms with Crippen molar-refractivity contribution in [3.63, 3.8) is 0 Å². The summed E-state index contributed by atoms with van der Waals surface area (Å²) in [6.45, 7) is 1.94. The van der Waals surface area contributed by atoms with Gasteiger partial charge in [-0.1, -0.05) is 45.4 Å². The summed E-state index contributed by atoms with van der Waals surface area (Å²) < 4.78 is 4.42. The number of hydrogen-bond donors (Lipinski definition) is 5. The Morgan fingerprint density at radius 1 is 0.880 bits per heavy atom. The van der Waals surface area contributed by atoms with Crippen molar-refractivity contribution in [2.24, 2.45) is 5.73 Å². The maximum atomic E-state index is 9.77. The van der Waals surface area contributed by atoms with Gasteiger partial charge in [-0.05, 0) is 0 Å². The molecule has 0 heterocycles. The minimum atomic E-state index is -4.55. The fraction of sp³-hybridized carbons (Fsp3) is 0.889. The fourth-order valence-corrected chi connectivity index (χ4v) is 3.03. The van der Waals surface area contributed by atoms with Crippen LogP contribution in [0, 0.1) is 0 Å². The van der Waals surface area contributed by atoms with Crippen LogP contribution in [0.4, 0.5) is 0 Å². The molecule has 0 amide bonds. The molecule has 6 N–H and O–H groups in total. The Morgan fingerprint density at radius 2 is 1.36 bits per heavy atom. The van der Waals surface area contributed by atoms with Crippen molar-refractivity contribution in [1.29, 1.82) is 0 Å². The average molecular weight is 381 g/mol. The van der Waals surface area contributed by atoms with E-state index in [2.05, 4.69) is 11.4 Å². The van der Waals surface area contributed by atoms with Gasteiger partial charge in [0.05, 0.1) is 0 Å². The first-order valence-electron chi connectivity index (χ1n) is 9.78. The Labute approximate surface area is 153 Å². The third-order valence-corrected chi connectivity index (χ3v) is 4.77. The first kappa shape index (κ1) is 24.9. The van der Waals surface area contributed by atoms with Gasteiger partial charge in [0.25, 0.3) is 0 Å². The third kappa shape index (κ3) is 18.5. The minimum absolute atomic E-state index is 0.306. The van der Waals surface area contributed by atoms with Crippen molar-refractivity contribution in [1.82, 2.24) is 0 Å². The maximum absolute atomic E-state index is 9.77. The second-order valence-electron chi connectivity index (χ2n) is 6.79. The van der Waals surface area contributed by atoms with E-state index >= 15 is 0 Å². The third-order valence-electron chi connectivity index (χ3n) is 4.22. The summed E-state index contributed by atoms with van der Waals surface area (Å²) >= 11 is 0. The van der Waals surface area contributed by atoms with Crippen molar-refractivity contribution in [3.05, 3.63) is 12.2 Å². The van der Waals surface area contributed by atoms with E-state index in [1.165, 1.54) is 64.2 Å². The molecule has 0 unspecified atom stereocenters. The van der Waals surface area contributed by atoms with E-state index in [4.69, 9.17) is 20.4 Å². The summed E-state index contributed by atoms with van der Waals surface area (Å²) in [6, 6.07) is -0.799. The Balaban J connectivity index is 3.44. The number of unbranched alkanes of at least 4 members (excludes halogenated alkanes) is 11. The molecule has 0 aliphatic rings. The topological polar surface area (TPSA) is 116 Å². The molecule has 0 aromatic rings. The average Bonchev–Trinajstić information content (AvgIpc) is 2.56. The second-order valence-corrected chi connectivity index (χ2v) is 8.23. The van der Waals surface area contributed by atoms with E-state index in [-0.39, 0.29) is 6.61 Å². The first-order valence-corrected chi connectivity index (χ1v) is 11.5. The van der Waals surface area contributed by atoms with E-state index in [1.54, 1.807) is 6.08 Å². The zero-order valence-corrected chi connectivity index (χ0v) is 16.8. The molecule has 0 bridgehead atoms. The summed E-state index contributed by atoms with van der Waals surface area (Å²) in [5.74, 6) is 0. The van der Waals surface area contributed by atoms with E-state index in [1.807, 2.05) is 6.08 Å². The van der Waals surface area contributed by atoms with Gasteiger partial charge in [-0.15, -0.1) is 0 Å². The summed E-state index contributed by atoms with van der Waals surface area (Å²) in [5.41, 5.74) is 5.63. The summed E-state index contributed by atoms with van der Waals surface area (Å²) in [5, 5.41) is 9.77. The van der Waals surface area contributed by atoms with Crippen molar-refractivity contribution in [3.8, 4) is 0 Å². The Hall–Kier alpha value is -0.0700. The molecular weight excluding hydrogens is 341 g/mol. The predicted octanol–water partition coefficient (Wildman–Crippen LogP) is 3.34. The van der Waals surface area contributed by atoms with Crippen LogP contribution in [-0.2, 0) is 4.52 Å². The Morgan fingerprint density at radius 3 is 1.84 bits per heavy atom. The molecule has 152 valence electrons. The van der Waals surface area contributed by atoms with Gasteiger partial charge >= 0.3 is 108 Å². The quantitative estimate of drug-likeness (QED) is 0.150. The molecule has 0 aromatic carbocycles. The molecule has 0 rings (SSSR count). The Bertz CT molecular complexity index is 323. The van der Waals surface area contributed by atoms with Crippen LogP contribution in [0.25, 0.3) is 0 Å². The molecule has 0 aromatic heterocycles. The summed E-state index contributed by atoms with van der Waals surface area (Å²) in [6.07, 6.45) is 17.8. The van der Waals surface area contributed by atoms with Crippen molar-refractivity contribution in [2.75, 3.05) is 6.61 Å². The molecule has 25 heavy (non-hydrogen) atoms. The normalized spacial score (nSPS) is 15.6. The van der Waals surface area contributed by atoms with Crippen LogP contribution < -0.4 is 5.73 Å². The second kappa shape index (κ2) is 16.1. The number of rotatable bonds is 17. The molecule has 0 saturated carbocycles. The number of hydrogen-bond acceptors (Lipinski definition) is 6. The molecule has 0 aliphatic heterocycles. The Kier molecular flexibility index (Phi) is 16.1. The number of allylic oxidation sites excluding steroid dienone is 1. The molecule has 0 saturated heterocycles. The van der Waals surface area contributed by atoms with Crippen molar-refractivity contribution in [2.45, 2.75) is 96.1 Å². The first-order chi connectivity index (χ1) is 11.9. The van der Waals surface area contributed by atoms with Gasteiger partial charge in [0, 0.05) is 0 Å². The van der Waals surface area contributed by atoms with E-state index in [0.717, 1.165) is 12.8 Å². The molecule has 2 atom stereocenters. The standard InChI is InChI=1S/C18H40NO5P/c1-2-3-4-5-6-7-8-9-10-11-12-13-14-15-18(20)17(19)16-24-25(21,22)23/h14-15,17-18,20-23,25H,2-13,16,19H2,1H3/b15-14+/t17-,18+/m0/s1. The van der Waals surface area contributed by atoms with Crippen LogP contribution >= 0.6 is 8.17 Å². The van der Waals surface area contributed by atoms with Gasteiger partial charge in [-0.2, -0.15) is 0 Å². The molecule has 0 spiro atoms. The van der Waals surface area contributed by atoms with Gasteiger partial charge in [-0.3, -0.25) is 0 Å². The van der Waals surface area contributed by atoms with Gasteiger partial charge in [-0.25, -0.2) is 0 Å². The van der Waals surface area contributed by atoms with Crippen molar-refractivity contribution < 1.29 is 24.3 Å². The van der Waals surface area contributed by atoms with Crippen LogP contribution in [0.1, 0.15) is 84.0 Å². The number of aliphatic hydroxyl groups excluding tert-OH is 1. The molecule has 0 fully saturated rings. The predicted molar refractivity (Wildman–Crippen MR) is 105 cm³/mol. The van der Waals surface area contributed by atoms with Gasteiger partial charge in [0.1, 0.15) is 0 Å². The zero-order valence-electron chi connectivity index (χ0n) is 15.8. The zero-order chi connectivity index (χ0) is 19.0. The van der Waals surface area contributed by atoms with E-state index in [9.17, 15) is 5.11 Å². The molecule has 7 heteroatoms. The van der Waals surface area contributed by atoms with Gasteiger partial charge < -0.3 is 0 Å². The van der Waals surface area contributed by atoms with Gasteiger partial charge in [0.15, 0.2) is 0 Å². The van der Waals surface area contributed by atoms with E-state index in [0.29, 0.717) is 0 Å². The van der Waals surface area contributed by atoms with E-state index < -0.39 is 20.3 Å². The van der Waals surface area contributed by atoms with Crippen LogP contribution in [0.2, 0.25) is 0 Å². The molecule has 6 nitrogen and oxygen atoms in total. The summed E-state index contributed by atoms with van der Waals surface area (Å²) in [4.78, 5) is 26.2. The van der Waals surface area contributed by atoms with Crippen LogP contribution in [0.5, 0.6) is 0 Å². The monoisotopic (exact) mass is 381 g/mol. The fourth-order valence-electron chi connectivity index (χ4n) is 2.61. The van der Waals surface area contributed by atoms with Crippen LogP contribution in [0.15, 0.2) is 12.2 Å². The number of nitrogens with two attached hydrogens (primary N) is 1. The van der Waals surface area contributed by atoms with Crippen LogP contribution in [0.3, 0.4) is 0 Å². The van der Waals surface area contributed by atoms with Gasteiger partial charge in [0.2, 0.25) is 0 Å². The molecule has 0 aliphatic carbocycles. The summed E-state index contributed by atoms with van der Waals surface area (Å²) in [7, 11) is -4.55. The van der Waals surface area contributed by atoms with Crippen LogP contribution in [-0.4, -0.2) is 38.5 Å².